The predicted octanol–water partition coefficient (Wildman–Crippen LogP) is 7.67. The van der Waals surface area contributed by atoms with Crippen LogP contribution in [0.25, 0.3) is 28.3 Å². The Morgan fingerprint density at radius 1 is 0.952 bits per heavy atom. The van der Waals surface area contributed by atoms with Gasteiger partial charge in [-0.25, -0.2) is 0 Å². The van der Waals surface area contributed by atoms with E-state index in [1.807, 2.05) is 42.5 Å². The molecule has 0 radical (unpaired) electrons. The molecule has 1 N–H and O–H groups in total. The zero-order valence-corrected chi connectivity index (χ0v) is 26.4. The lowest BCUT2D eigenvalue weighted by molar-refractivity contribution is -0.140. The van der Waals surface area contributed by atoms with E-state index in [9.17, 15) is 14.7 Å². The van der Waals surface area contributed by atoms with Gasteiger partial charge < -0.3 is 14.6 Å². The molecule has 1 saturated heterocycles. The maximum atomic E-state index is 13.3. The van der Waals surface area contributed by atoms with Crippen molar-refractivity contribution in [3.05, 3.63) is 76.2 Å². The summed E-state index contributed by atoms with van der Waals surface area (Å²) in [6.07, 6.45) is 3.93. The molecule has 1 aliphatic carbocycles. The van der Waals surface area contributed by atoms with Crippen molar-refractivity contribution < 1.29 is 24.2 Å². The van der Waals surface area contributed by atoms with E-state index < -0.39 is 18.4 Å². The third-order valence-corrected chi connectivity index (χ3v) is 9.73. The van der Waals surface area contributed by atoms with Crippen LogP contribution in [-0.4, -0.2) is 47.0 Å². The van der Waals surface area contributed by atoms with Crippen LogP contribution in [0.1, 0.15) is 57.2 Å². The summed E-state index contributed by atoms with van der Waals surface area (Å²) in [6, 6.07) is 18.4. The third kappa shape index (κ3) is 5.45. The molecular formula is C34H35NO5S2. The number of rotatable bonds is 7. The smallest absolute Gasteiger partial charge is 0.323 e. The standard InChI is InChI=1S/C34H35NO5S2/c1-33(2)12-13-34(3,4)25-18-26(39-5)23(17-24(25)33)30-22(16-28-31(38)35(19-29(36)37)32(41)42-28)14-21(15-27(30)40-6)20-10-8-7-9-11-20/h7-11,14-18H,12-13,19H2,1-6H3,(H,36,37). The highest BCUT2D eigenvalue weighted by molar-refractivity contribution is 8.26. The van der Waals surface area contributed by atoms with Crippen LogP contribution >= 0.6 is 24.0 Å². The van der Waals surface area contributed by atoms with Crippen molar-refractivity contribution in [3.8, 4) is 33.8 Å². The summed E-state index contributed by atoms with van der Waals surface area (Å²) in [4.78, 5) is 26.2. The van der Waals surface area contributed by atoms with E-state index >= 15 is 0 Å². The molecular weight excluding hydrogens is 567 g/mol. The largest absolute Gasteiger partial charge is 0.496 e. The number of carboxylic acids is 1. The van der Waals surface area contributed by atoms with Gasteiger partial charge in [-0.1, -0.05) is 82.0 Å². The van der Waals surface area contributed by atoms with Crippen LogP contribution < -0.4 is 9.47 Å². The van der Waals surface area contributed by atoms with Gasteiger partial charge in [0.1, 0.15) is 22.4 Å². The zero-order valence-electron chi connectivity index (χ0n) is 24.7. The van der Waals surface area contributed by atoms with Crippen LogP contribution in [0.4, 0.5) is 0 Å². The number of ether oxygens (including phenoxy) is 2. The molecule has 1 heterocycles. The Hall–Kier alpha value is -3.62. The van der Waals surface area contributed by atoms with Gasteiger partial charge in [0.2, 0.25) is 0 Å². The molecule has 2 aliphatic rings. The van der Waals surface area contributed by atoms with E-state index in [0.29, 0.717) is 10.7 Å². The highest BCUT2D eigenvalue weighted by Crippen LogP contribution is 2.51. The molecule has 1 amide bonds. The number of aliphatic carboxylic acids is 1. The van der Waals surface area contributed by atoms with E-state index in [1.165, 1.54) is 11.1 Å². The monoisotopic (exact) mass is 601 g/mol. The quantitative estimate of drug-likeness (QED) is 0.220. The lowest BCUT2D eigenvalue weighted by Crippen LogP contribution is -2.33. The Morgan fingerprint density at radius 2 is 1.57 bits per heavy atom. The second kappa shape index (κ2) is 11.2. The minimum Gasteiger partial charge on any atom is -0.496 e. The van der Waals surface area contributed by atoms with E-state index in [1.54, 1.807) is 20.3 Å². The molecule has 0 spiro atoms. The molecule has 1 aliphatic heterocycles. The Balaban J connectivity index is 1.79. The summed E-state index contributed by atoms with van der Waals surface area (Å²) in [6.45, 7) is 8.63. The maximum Gasteiger partial charge on any atom is 0.323 e. The number of benzene rings is 3. The van der Waals surface area contributed by atoms with Gasteiger partial charge in [0.05, 0.1) is 19.1 Å². The minimum absolute atomic E-state index is 0.00107. The molecule has 0 atom stereocenters. The first-order valence-corrected chi connectivity index (χ1v) is 15.1. The fourth-order valence-corrected chi connectivity index (χ4v) is 7.11. The van der Waals surface area contributed by atoms with Crippen LogP contribution in [0.5, 0.6) is 11.5 Å². The molecule has 0 bridgehead atoms. The van der Waals surface area contributed by atoms with Crippen LogP contribution in [-0.2, 0) is 20.4 Å². The number of thioether (sulfide) groups is 1. The Bertz CT molecular complexity index is 1620. The summed E-state index contributed by atoms with van der Waals surface area (Å²) in [5.41, 5.74) is 6.82. The molecule has 0 saturated carbocycles. The van der Waals surface area contributed by atoms with Crippen molar-refractivity contribution in [1.82, 2.24) is 4.90 Å². The molecule has 6 nitrogen and oxygen atoms in total. The lowest BCUT2D eigenvalue weighted by Gasteiger charge is -2.42. The summed E-state index contributed by atoms with van der Waals surface area (Å²) in [5, 5.41) is 9.33. The van der Waals surface area contributed by atoms with Crippen LogP contribution in [0, 0.1) is 0 Å². The molecule has 218 valence electrons. The van der Waals surface area contributed by atoms with Gasteiger partial charge in [-0.05, 0) is 81.8 Å². The predicted molar refractivity (Wildman–Crippen MR) is 173 cm³/mol. The number of hydrogen-bond acceptors (Lipinski definition) is 6. The third-order valence-electron chi connectivity index (χ3n) is 8.36. The zero-order chi connectivity index (χ0) is 30.4. The van der Waals surface area contributed by atoms with Crippen LogP contribution in [0.3, 0.4) is 0 Å². The van der Waals surface area contributed by atoms with Crippen molar-refractivity contribution in [3.63, 3.8) is 0 Å². The van der Waals surface area contributed by atoms with Gasteiger partial charge in [-0.15, -0.1) is 0 Å². The second-order valence-electron chi connectivity index (χ2n) is 12.0. The summed E-state index contributed by atoms with van der Waals surface area (Å²) >= 11 is 6.48. The molecule has 0 aromatic heterocycles. The lowest BCUT2D eigenvalue weighted by atomic mass is 9.62. The molecule has 42 heavy (non-hydrogen) atoms. The molecule has 8 heteroatoms. The number of carbonyl (C=O) groups is 2. The first-order valence-electron chi connectivity index (χ1n) is 13.8. The number of nitrogens with zero attached hydrogens (tertiary/aromatic N) is 1. The van der Waals surface area contributed by atoms with Gasteiger partial charge >= 0.3 is 5.97 Å². The number of carbonyl (C=O) groups excluding carboxylic acids is 1. The van der Waals surface area contributed by atoms with Crippen molar-refractivity contribution in [2.75, 3.05) is 20.8 Å². The van der Waals surface area contributed by atoms with E-state index in [4.69, 9.17) is 21.7 Å². The van der Waals surface area contributed by atoms with Crippen molar-refractivity contribution >= 4 is 46.3 Å². The normalized spacial score (nSPS) is 18.2. The minimum atomic E-state index is -1.12. The second-order valence-corrected chi connectivity index (χ2v) is 13.7. The maximum absolute atomic E-state index is 13.3. The van der Waals surface area contributed by atoms with Gasteiger partial charge in [-0.2, -0.15) is 0 Å². The van der Waals surface area contributed by atoms with E-state index in [-0.39, 0.29) is 15.2 Å². The van der Waals surface area contributed by atoms with Gasteiger partial charge in [0.15, 0.2) is 0 Å². The highest BCUT2D eigenvalue weighted by atomic mass is 32.2. The first kappa shape index (κ1) is 29.9. The van der Waals surface area contributed by atoms with Crippen LogP contribution in [0.15, 0.2) is 59.5 Å². The molecule has 5 rings (SSSR count). The summed E-state index contributed by atoms with van der Waals surface area (Å²) in [5.74, 6) is -0.193. The molecule has 1 fully saturated rings. The Kier molecular flexibility index (Phi) is 7.98. The first-order chi connectivity index (χ1) is 19.9. The SMILES string of the molecule is COc1cc2c(cc1-c1c(C=C3SC(=S)N(CC(=O)O)C3=O)cc(-c3ccccc3)cc1OC)C(C)(C)CCC2(C)C. The fourth-order valence-electron chi connectivity index (χ4n) is 5.87. The fraction of sp³-hybridized carbons (Fsp3) is 0.324. The molecule has 3 aromatic rings. The van der Waals surface area contributed by atoms with Crippen molar-refractivity contribution in [2.45, 2.75) is 51.4 Å². The number of fused-ring (bicyclic) bond motifs is 1. The average molecular weight is 602 g/mol. The van der Waals surface area contributed by atoms with Crippen molar-refractivity contribution in [1.29, 1.82) is 0 Å². The summed E-state index contributed by atoms with van der Waals surface area (Å²) in [7, 11) is 3.31. The average Bonchev–Trinajstić information content (AvgIpc) is 3.21. The van der Waals surface area contributed by atoms with Gasteiger partial charge in [-0.3, -0.25) is 14.5 Å². The Labute approximate surface area is 256 Å². The summed E-state index contributed by atoms with van der Waals surface area (Å²) < 4.78 is 12.3. The highest BCUT2D eigenvalue weighted by Gasteiger charge is 2.39. The van der Waals surface area contributed by atoms with E-state index in [2.05, 4.69) is 39.8 Å². The van der Waals surface area contributed by atoms with Crippen LogP contribution in [0.2, 0.25) is 0 Å². The molecule has 3 aromatic carbocycles. The van der Waals surface area contributed by atoms with E-state index in [0.717, 1.165) is 63.1 Å². The number of methoxy groups -OCH3 is 2. The number of thiocarbonyl (C=S) groups is 1. The topological polar surface area (TPSA) is 76.1 Å². The number of carboxylic acid groups (broad SMARTS) is 1. The van der Waals surface area contributed by atoms with Crippen molar-refractivity contribution in [2.24, 2.45) is 0 Å². The van der Waals surface area contributed by atoms with Gasteiger partial charge in [0.25, 0.3) is 5.91 Å². The van der Waals surface area contributed by atoms with Gasteiger partial charge in [0, 0.05) is 11.1 Å². The Morgan fingerprint density at radius 3 is 2.17 bits per heavy atom. The number of amides is 1. The molecule has 0 unspecified atom stereocenters. The number of hydrogen-bond donors (Lipinski definition) is 1.